The quantitative estimate of drug-likeness (QED) is 0.675. The smallest absolute Gasteiger partial charge is 0.193 e. The van der Waals surface area contributed by atoms with Gasteiger partial charge in [-0.2, -0.15) is 11.3 Å². The molecule has 2 unspecified atom stereocenters. The van der Waals surface area contributed by atoms with Crippen molar-refractivity contribution in [1.29, 1.82) is 0 Å². The third kappa shape index (κ3) is 3.70. The molecule has 1 spiro atoms. The molecule has 0 bridgehead atoms. The number of rotatable bonds is 4. The molecule has 128 valence electrons. The van der Waals surface area contributed by atoms with Gasteiger partial charge in [-0.1, -0.05) is 0 Å². The van der Waals surface area contributed by atoms with Crippen molar-refractivity contribution in [3.05, 3.63) is 22.4 Å². The Labute approximate surface area is 143 Å². The average molecular weight is 337 g/mol. The maximum Gasteiger partial charge on any atom is 0.193 e. The summed E-state index contributed by atoms with van der Waals surface area (Å²) in [6.07, 6.45) is 2.41. The van der Waals surface area contributed by atoms with Crippen LogP contribution in [0.2, 0.25) is 0 Å². The Morgan fingerprint density at radius 2 is 2.39 bits per heavy atom. The van der Waals surface area contributed by atoms with Crippen molar-refractivity contribution in [2.24, 2.45) is 10.4 Å². The van der Waals surface area contributed by atoms with E-state index in [-0.39, 0.29) is 0 Å². The van der Waals surface area contributed by atoms with Crippen LogP contribution < -0.4 is 5.32 Å². The first-order valence-electron chi connectivity index (χ1n) is 8.35. The second-order valence-electron chi connectivity index (χ2n) is 6.94. The lowest BCUT2D eigenvalue weighted by Crippen LogP contribution is -2.44. The minimum absolute atomic E-state index is 0.365. The fraction of sp³-hybridized carbons (Fsp3) is 0.706. The molecule has 3 heterocycles. The van der Waals surface area contributed by atoms with Crippen molar-refractivity contribution in [3.8, 4) is 0 Å². The zero-order valence-corrected chi connectivity index (χ0v) is 15.2. The predicted octanol–water partition coefficient (Wildman–Crippen LogP) is 2.04. The number of hydrogen-bond donors (Lipinski definition) is 1. The molecule has 3 rings (SSSR count). The molecule has 2 saturated heterocycles. The highest BCUT2D eigenvalue weighted by atomic mass is 32.1. The van der Waals surface area contributed by atoms with Crippen molar-refractivity contribution in [1.82, 2.24) is 15.1 Å². The van der Waals surface area contributed by atoms with Gasteiger partial charge in [-0.05, 0) is 49.3 Å². The molecule has 2 aliphatic heterocycles. The molecule has 0 saturated carbocycles. The molecular weight excluding hydrogens is 308 g/mol. The number of likely N-dealkylation sites (N-methyl/N-ethyl adjacent to an activating group) is 1. The van der Waals surface area contributed by atoms with E-state index in [1.807, 2.05) is 7.05 Å². The van der Waals surface area contributed by atoms with E-state index in [2.05, 4.69) is 51.0 Å². The van der Waals surface area contributed by atoms with E-state index >= 15 is 0 Å². The molecule has 1 aromatic heterocycles. The first kappa shape index (κ1) is 16.7. The van der Waals surface area contributed by atoms with Crippen LogP contribution in [0.15, 0.2) is 21.8 Å². The second-order valence-corrected chi connectivity index (χ2v) is 7.72. The van der Waals surface area contributed by atoms with Crippen LogP contribution in [0.1, 0.15) is 24.4 Å². The van der Waals surface area contributed by atoms with Crippen LogP contribution in [0.4, 0.5) is 0 Å². The zero-order valence-electron chi connectivity index (χ0n) is 14.4. The largest absolute Gasteiger partial charge is 0.381 e. The fourth-order valence-corrected chi connectivity index (χ4v) is 4.38. The molecule has 0 aliphatic carbocycles. The summed E-state index contributed by atoms with van der Waals surface area (Å²) in [5.41, 5.74) is 1.73. The van der Waals surface area contributed by atoms with Crippen molar-refractivity contribution in [2.45, 2.75) is 18.9 Å². The number of guanidine groups is 1. The molecule has 5 nitrogen and oxygen atoms in total. The van der Waals surface area contributed by atoms with Crippen molar-refractivity contribution >= 4 is 17.3 Å². The highest BCUT2D eigenvalue weighted by molar-refractivity contribution is 7.07. The maximum absolute atomic E-state index is 5.63. The Hall–Kier alpha value is -1.11. The third-order valence-electron chi connectivity index (χ3n) is 5.14. The molecule has 23 heavy (non-hydrogen) atoms. The van der Waals surface area contributed by atoms with Crippen LogP contribution >= 0.6 is 11.3 Å². The predicted molar refractivity (Wildman–Crippen MR) is 96.2 cm³/mol. The Balaban J connectivity index is 1.59. The van der Waals surface area contributed by atoms with Gasteiger partial charge in [0.15, 0.2) is 5.96 Å². The van der Waals surface area contributed by atoms with Crippen LogP contribution in [-0.4, -0.2) is 69.8 Å². The first-order chi connectivity index (χ1) is 11.1. The summed E-state index contributed by atoms with van der Waals surface area (Å²) >= 11 is 1.75. The van der Waals surface area contributed by atoms with Crippen molar-refractivity contribution in [2.75, 3.05) is 54.0 Å². The minimum Gasteiger partial charge on any atom is -0.381 e. The van der Waals surface area contributed by atoms with E-state index in [1.54, 1.807) is 11.3 Å². The summed E-state index contributed by atoms with van der Waals surface area (Å²) in [7, 11) is 6.15. The number of ether oxygens (including phenoxy) is 1. The lowest BCUT2D eigenvalue weighted by atomic mass is 9.87. The van der Waals surface area contributed by atoms with E-state index < -0.39 is 0 Å². The summed E-state index contributed by atoms with van der Waals surface area (Å²) in [5.74, 6) is 1.02. The average Bonchev–Trinajstić information content (AvgIpc) is 3.27. The van der Waals surface area contributed by atoms with E-state index in [4.69, 9.17) is 4.74 Å². The van der Waals surface area contributed by atoms with E-state index in [0.29, 0.717) is 11.5 Å². The van der Waals surface area contributed by atoms with Crippen molar-refractivity contribution in [3.63, 3.8) is 0 Å². The van der Waals surface area contributed by atoms with Crippen LogP contribution in [0.5, 0.6) is 0 Å². The normalized spacial score (nSPS) is 26.4. The molecule has 6 heteroatoms. The van der Waals surface area contributed by atoms with Crippen LogP contribution in [0.3, 0.4) is 0 Å². The SMILES string of the molecule is CN=C(NCC(c1ccsc1)N(C)C)N1CCC2(CCOC2)C1. The molecule has 0 amide bonds. The highest BCUT2D eigenvalue weighted by Crippen LogP contribution is 2.38. The van der Waals surface area contributed by atoms with E-state index in [0.717, 1.165) is 38.8 Å². The molecule has 2 aliphatic rings. The number of likely N-dealkylation sites (tertiary alicyclic amines) is 1. The number of nitrogens with zero attached hydrogens (tertiary/aromatic N) is 3. The Bertz CT molecular complexity index is 523. The van der Waals surface area contributed by atoms with Crippen LogP contribution in [-0.2, 0) is 4.74 Å². The zero-order chi connectivity index (χ0) is 16.3. The maximum atomic E-state index is 5.63. The molecule has 2 fully saturated rings. The number of hydrogen-bond acceptors (Lipinski definition) is 4. The van der Waals surface area contributed by atoms with Crippen molar-refractivity contribution < 1.29 is 4.74 Å². The molecule has 1 aromatic rings. The number of thiophene rings is 1. The summed E-state index contributed by atoms with van der Waals surface area (Å²) < 4.78 is 5.63. The topological polar surface area (TPSA) is 40.1 Å². The molecule has 0 radical (unpaired) electrons. The van der Waals surface area contributed by atoms with Gasteiger partial charge in [0.05, 0.1) is 12.6 Å². The van der Waals surface area contributed by atoms with Gasteiger partial charge in [0.1, 0.15) is 0 Å². The summed E-state index contributed by atoms with van der Waals surface area (Å²) in [6, 6.07) is 2.57. The molecule has 2 atom stereocenters. The third-order valence-corrected chi connectivity index (χ3v) is 5.84. The molecule has 1 N–H and O–H groups in total. The first-order valence-corrected chi connectivity index (χ1v) is 9.30. The van der Waals surface area contributed by atoms with Crippen LogP contribution in [0.25, 0.3) is 0 Å². The Morgan fingerprint density at radius 3 is 3.00 bits per heavy atom. The van der Waals surface area contributed by atoms with Gasteiger partial charge < -0.3 is 19.9 Å². The monoisotopic (exact) mass is 336 g/mol. The number of aliphatic imine (C=N–C) groups is 1. The van der Waals surface area contributed by atoms with Gasteiger partial charge in [0.25, 0.3) is 0 Å². The summed E-state index contributed by atoms with van der Waals surface area (Å²) in [5, 5.41) is 7.96. The number of nitrogens with one attached hydrogen (secondary N) is 1. The van der Waals surface area contributed by atoms with Gasteiger partial charge in [0.2, 0.25) is 0 Å². The van der Waals surface area contributed by atoms with Gasteiger partial charge in [0, 0.05) is 38.7 Å². The Morgan fingerprint density at radius 1 is 1.52 bits per heavy atom. The van der Waals surface area contributed by atoms with Gasteiger partial charge in [-0.25, -0.2) is 0 Å². The van der Waals surface area contributed by atoms with E-state index in [1.165, 1.54) is 18.4 Å². The van der Waals surface area contributed by atoms with E-state index in [9.17, 15) is 0 Å². The molecular formula is C17H28N4OS. The van der Waals surface area contributed by atoms with Gasteiger partial charge in [-0.3, -0.25) is 4.99 Å². The molecule has 0 aromatic carbocycles. The highest BCUT2D eigenvalue weighted by Gasteiger charge is 2.42. The second kappa shape index (κ2) is 7.20. The van der Waals surface area contributed by atoms with Crippen LogP contribution in [0, 0.1) is 5.41 Å². The lowest BCUT2D eigenvalue weighted by molar-refractivity contribution is 0.156. The summed E-state index contributed by atoms with van der Waals surface area (Å²) in [4.78, 5) is 9.17. The minimum atomic E-state index is 0.365. The summed E-state index contributed by atoms with van der Waals surface area (Å²) in [6.45, 7) is 4.85. The lowest BCUT2D eigenvalue weighted by Gasteiger charge is -2.28. The van der Waals surface area contributed by atoms with Gasteiger partial charge in [-0.15, -0.1) is 0 Å². The standard InChI is InChI=1S/C17H28N4OS/c1-18-16(21-7-5-17(12-21)6-8-22-13-17)19-10-15(20(2)3)14-4-9-23-11-14/h4,9,11,15H,5-8,10,12-13H2,1-3H3,(H,18,19). The Kier molecular flexibility index (Phi) is 5.24. The fourth-order valence-electron chi connectivity index (χ4n) is 3.67. The van der Waals surface area contributed by atoms with Gasteiger partial charge >= 0.3 is 0 Å².